The number of amides is 1. The zero-order valence-corrected chi connectivity index (χ0v) is 8.82. The van der Waals surface area contributed by atoms with Crippen LogP contribution in [0, 0.1) is 0 Å². The van der Waals surface area contributed by atoms with Crippen LogP contribution in [0.1, 0.15) is 19.8 Å². The molecule has 0 aromatic heterocycles. The molecule has 0 bridgehead atoms. The van der Waals surface area contributed by atoms with E-state index in [1.165, 1.54) is 12.2 Å². The van der Waals surface area contributed by atoms with Crippen LogP contribution in [-0.4, -0.2) is 41.1 Å². The van der Waals surface area contributed by atoms with E-state index in [1.54, 1.807) is 6.92 Å². The first-order valence-corrected chi connectivity index (χ1v) is 5.85. The highest BCUT2D eigenvalue weighted by atomic mass is 32.2. The van der Waals surface area contributed by atoms with E-state index in [1.807, 2.05) is 16.7 Å². The van der Waals surface area contributed by atoms with Crippen LogP contribution in [0.2, 0.25) is 0 Å². The Kier molecular flexibility index (Phi) is 2.51. The van der Waals surface area contributed by atoms with Gasteiger partial charge in [-0.25, -0.2) is 0 Å². The molecule has 2 fully saturated rings. The number of carbonyl (C=O) groups excluding carboxylic acids is 1. The van der Waals surface area contributed by atoms with Gasteiger partial charge in [0.2, 0.25) is 5.91 Å². The fourth-order valence-electron chi connectivity index (χ4n) is 2.13. The van der Waals surface area contributed by atoms with Crippen molar-refractivity contribution in [2.75, 3.05) is 25.4 Å². The first-order valence-electron chi connectivity index (χ1n) is 4.86. The van der Waals surface area contributed by atoms with Gasteiger partial charge in [-0.2, -0.15) is 0 Å². The van der Waals surface area contributed by atoms with E-state index in [4.69, 9.17) is 0 Å². The van der Waals surface area contributed by atoms with Crippen molar-refractivity contribution in [2.24, 2.45) is 0 Å². The van der Waals surface area contributed by atoms with Crippen LogP contribution >= 0.6 is 11.8 Å². The zero-order valence-electron chi connectivity index (χ0n) is 8.01. The highest BCUT2D eigenvalue weighted by molar-refractivity contribution is 8.00. The third kappa shape index (κ3) is 1.83. The van der Waals surface area contributed by atoms with Crippen molar-refractivity contribution >= 4 is 17.7 Å². The minimum Gasteiger partial charge on any atom is -0.340 e. The summed E-state index contributed by atoms with van der Waals surface area (Å²) >= 11 is 1.98. The lowest BCUT2D eigenvalue weighted by Crippen LogP contribution is -2.53. The Morgan fingerprint density at radius 2 is 2.46 bits per heavy atom. The summed E-state index contributed by atoms with van der Waals surface area (Å²) in [6.45, 7) is 4.60. The first-order chi connectivity index (χ1) is 6.22. The smallest absolute Gasteiger partial charge is 0.219 e. The van der Waals surface area contributed by atoms with Gasteiger partial charge in [0.25, 0.3) is 0 Å². The van der Waals surface area contributed by atoms with Crippen LogP contribution in [0.4, 0.5) is 0 Å². The quantitative estimate of drug-likeness (QED) is 0.623. The molecule has 2 aliphatic rings. The second kappa shape index (κ2) is 3.50. The number of carbonyl (C=O) groups is 1. The Hall–Kier alpha value is -0.220. The van der Waals surface area contributed by atoms with E-state index < -0.39 is 0 Å². The number of thioether (sulfide) groups is 1. The monoisotopic (exact) mass is 200 g/mol. The van der Waals surface area contributed by atoms with Gasteiger partial charge in [0.05, 0.1) is 4.87 Å². The molecule has 2 saturated heterocycles. The molecule has 1 amide bonds. The fraction of sp³-hybridized carbons (Fsp3) is 0.889. The van der Waals surface area contributed by atoms with Gasteiger partial charge in [0.1, 0.15) is 0 Å². The van der Waals surface area contributed by atoms with Gasteiger partial charge in [-0.05, 0) is 12.8 Å². The van der Waals surface area contributed by atoms with Crippen LogP contribution in [0.25, 0.3) is 0 Å². The van der Waals surface area contributed by atoms with Gasteiger partial charge in [-0.15, -0.1) is 11.8 Å². The third-order valence-corrected chi connectivity index (χ3v) is 4.27. The van der Waals surface area contributed by atoms with Crippen molar-refractivity contribution in [1.82, 2.24) is 10.2 Å². The molecule has 4 heteroatoms. The van der Waals surface area contributed by atoms with E-state index in [0.29, 0.717) is 0 Å². The molecular formula is C9H16N2OS. The lowest BCUT2D eigenvalue weighted by molar-refractivity contribution is -0.130. The Morgan fingerprint density at radius 1 is 1.62 bits per heavy atom. The topological polar surface area (TPSA) is 32.3 Å². The van der Waals surface area contributed by atoms with Gasteiger partial charge in [0, 0.05) is 32.3 Å². The molecular weight excluding hydrogens is 184 g/mol. The minimum absolute atomic E-state index is 0.198. The zero-order chi connectivity index (χ0) is 9.31. The molecule has 2 aliphatic heterocycles. The molecule has 2 heterocycles. The van der Waals surface area contributed by atoms with E-state index in [0.717, 1.165) is 26.1 Å². The molecule has 1 unspecified atom stereocenters. The maximum atomic E-state index is 11.2. The van der Waals surface area contributed by atoms with Crippen LogP contribution in [0.3, 0.4) is 0 Å². The largest absolute Gasteiger partial charge is 0.340 e. The van der Waals surface area contributed by atoms with E-state index in [-0.39, 0.29) is 10.8 Å². The Bertz CT molecular complexity index is 214. The SMILES string of the molecule is CC(=O)N1CCCC2(C1)NCCS2. The normalized spacial score (nSPS) is 34.1. The number of nitrogens with one attached hydrogen (secondary N) is 1. The van der Waals surface area contributed by atoms with Gasteiger partial charge in [-0.1, -0.05) is 0 Å². The number of nitrogens with zero attached hydrogens (tertiary/aromatic N) is 1. The number of hydrogen-bond acceptors (Lipinski definition) is 3. The van der Waals surface area contributed by atoms with Crippen LogP contribution in [0.15, 0.2) is 0 Å². The Balaban J connectivity index is 2.02. The van der Waals surface area contributed by atoms with E-state index in [2.05, 4.69) is 5.32 Å². The molecule has 1 N–H and O–H groups in total. The lowest BCUT2D eigenvalue weighted by Gasteiger charge is -2.39. The molecule has 1 spiro atoms. The van der Waals surface area contributed by atoms with Crippen molar-refractivity contribution < 1.29 is 4.79 Å². The molecule has 2 rings (SSSR count). The predicted molar refractivity (Wildman–Crippen MR) is 54.7 cm³/mol. The van der Waals surface area contributed by atoms with Crippen molar-refractivity contribution in [3.05, 3.63) is 0 Å². The van der Waals surface area contributed by atoms with Crippen LogP contribution < -0.4 is 5.32 Å². The molecule has 0 aliphatic carbocycles. The molecule has 0 saturated carbocycles. The van der Waals surface area contributed by atoms with Gasteiger partial charge < -0.3 is 10.2 Å². The standard InChI is InChI=1S/C9H16N2OS/c1-8(12)11-5-2-3-9(7-11)10-4-6-13-9/h10H,2-7H2,1H3. The van der Waals surface area contributed by atoms with Crippen molar-refractivity contribution in [3.63, 3.8) is 0 Å². The van der Waals surface area contributed by atoms with Crippen LogP contribution in [-0.2, 0) is 4.79 Å². The molecule has 13 heavy (non-hydrogen) atoms. The molecule has 3 nitrogen and oxygen atoms in total. The summed E-state index contributed by atoms with van der Waals surface area (Å²) in [5.41, 5.74) is 0. The molecule has 0 aromatic carbocycles. The van der Waals surface area contributed by atoms with Crippen LogP contribution in [0.5, 0.6) is 0 Å². The molecule has 1 atom stereocenters. The molecule has 74 valence electrons. The average Bonchev–Trinajstić information content (AvgIpc) is 2.53. The highest BCUT2D eigenvalue weighted by Gasteiger charge is 2.38. The predicted octanol–water partition coefficient (Wildman–Crippen LogP) is 0.661. The van der Waals surface area contributed by atoms with Crippen molar-refractivity contribution in [1.29, 1.82) is 0 Å². The first kappa shape index (κ1) is 9.34. The highest BCUT2D eigenvalue weighted by Crippen LogP contribution is 2.35. The third-order valence-electron chi connectivity index (χ3n) is 2.83. The lowest BCUT2D eigenvalue weighted by atomic mass is 10.1. The van der Waals surface area contributed by atoms with E-state index >= 15 is 0 Å². The summed E-state index contributed by atoms with van der Waals surface area (Å²) in [4.78, 5) is 13.4. The van der Waals surface area contributed by atoms with Gasteiger partial charge in [0.15, 0.2) is 0 Å². The van der Waals surface area contributed by atoms with E-state index in [9.17, 15) is 4.79 Å². The summed E-state index contributed by atoms with van der Waals surface area (Å²) in [7, 11) is 0. The number of rotatable bonds is 0. The average molecular weight is 200 g/mol. The van der Waals surface area contributed by atoms with Crippen molar-refractivity contribution in [3.8, 4) is 0 Å². The maximum Gasteiger partial charge on any atom is 0.219 e. The second-order valence-electron chi connectivity index (χ2n) is 3.81. The second-order valence-corrected chi connectivity index (χ2v) is 5.29. The summed E-state index contributed by atoms with van der Waals surface area (Å²) in [5, 5.41) is 3.53. The maximum absolute atomic E-state index is 11.2. The van der Waals surface area contributed by atoms with Gasteiger partial charge in [-0.3, -0.25) is 4.79 Å². The molecule has 0 radical (unpaired) electrons. The van der Waals surface area contributed by atoms with Gasteiger partial charge >= 0.3 is 0 Å². The summed E-state index contributed by atoms with van der Waals surface area (Å²) in [5.74, 6) is 1.40. The fourth-order valence-corrected chi connectivity index (χ4v) is 3.46. The number of piperidine rings is 1. The molecule has 0 aromatic rings. The number of likely N-dealkylation sites (tertiary alicyclic amines) is 1. The summed E-state index contributed by atoms with van der Waals surface area (Å²) in [6, 6.07) is 0. The summed E-state index contributed by atoms with van der Waals surface area (Å²) in [6.07, 6.45) is 2.35. The Morgan fingerprint density at radius 3 is 3.08 bits per heavy atom. The van der Waals surface area contributed by atoms with Crippen molar-refractivity contribution in [2.45, 2.75) is 24.6 Å². The minimum atomic E-state index is 0.198. The summed E-state index contributed by atoms with van der Waals surface area (Å²) < 4.78 is 0. The number of hydrogen-bond donors (Lipinski definition) is 1. The Labute approximate surface area is 83.2 Å².